The molecule has 0 amide bonds. The molecule has 1 aromatic rings. The summed E-state index contributed by atoms with van der Waals surface area (Å²) in [6.07, 6.45) is 2.36. The van der Waals surface area contributed by atoms with Gasteiger partial charge >= 0.3 is 11.9 Å². The van der Waals surface area contributed by atoms with Gasteiger partial charge in [-0.05, 0) is 31.4 Å². The number of unbranched alkanes of at least 4 members (excludes halogenated alkanes) is 1. The van der Waals surface area contributed by atoms with Crippen LogP contribution in [0.5, 0.6) is 11.5 Å². The van der Waals surface area contributed by atoms with Gasteiger partial charge in [0.25, 0.3) is 0 Å². The Balaban J connectivity index is 2.89. The third-order valence-electron chi connectivity index (χ3n) is 3.97. The van der Waals surface area contributed by atoms with Crippen molar-refractivity contribution in [3.05, 3.63) is 24.3 Å². The van der Waals surface area contributed by atoms with Crippen LogP contribution in [0, 0.1) is 5.41 Å². The normalized spacial score (nSPS) is 11.0. The van der Waals surface area contributed by atoms with Crippen LogP contribution in [0.4, 0.5) is 0 Å². The third kappa shape index (κ3) is 4.71. The molecule has 0 saturated heterocycles. The van der Waals surface area contributed by atoms with Gasteiger partial charge in [-0.15, -0.1) is 0 Å². The maximum Gasteiger partial charge on any atom is 0.328 e. The zero-order valence-electron chi connectivity index (χ0n) is 14.4. The molecule has 0 aliphatic carbocycles. The van der Waals surface area contributed by atoms with Gasteiger partial charge in [0, 0.05) is 6.07 Å². The molecule has 0 unspecified atom stereocenters. The Hall–Kier alpha value is -2.04. The molecule has 0 bridgehead atoms. The molecule has 0 aromatic heterocycles. The van der Waals surface area contributed by atoms with E-state index in [9.17, 15) is 9.59 Å². The minimum atomic E-state index is -1.27. The highest BCUT2D eigenvalue weighted by Gasteiger charge is 2.46. The van der Waals surface area contributed by atoms with Crippen LogP contribution in [-0.4, -0.2) is 25.7 Å². The number of esters is 2. The van der Waals surface area contributed by atoms with E-state index in [-0.39, 0.29) is 0 Å². The van der Waals surface area contributed by atoms with Gasteiger partial charge in [-0.3, -0.25) is 9.59 Å². The highest BCUT2D eigenvalue weighted by molar-refractivity contribution is 6.00. The number of methoxy groups -OCH3 is 1. The fourth-order valence-electron chi connectivity index (χ4n) is 2.23. The first kappa shape index (κ1) is 19.0. The fraction of sp³-hybridized carbons (Fsp3) is 0.556. The summed E-state index contributed by atoms with van der Waals surface area (Å²) in [7, 11) is 1.54. The van der Waals surface area contributed by atoms with Crippen LogP contribution in [0.2, 0.25) is 0 Å². The lowest BCUT2D eigenvalue weighted by molar-refractivity contribution is -0.168. The Bertz CT molecular complexity index is 520. The Morgan fingerprint density at radius 1 is 1.04 bits per heavy atom. The van der Waals surface area contributed by atoms with Crippen LogP contribution < -0.4 is 9.47 Å². The molecule has 0 saturated carbocycles. The summed E-state index contributed by atoms with van der Waals surface area (Å²) in [5, 5.41) is 0. The molecule has 1 aromatic carbocycles. The van der Waals surface area contributed by atoms with Crippen molar-refractivity contribution in [2.45, 2.75) is 46.5 Å². The Kier molecular flexibility index (Phi) is 7.59. The van der Waals surface area contributed by atoms with Crippen LogP contribution >= 0.6 is 0 Å². The van der Waals surface area contributed by atoms with Crippen LogP contribution in [0.3, 0.4) is 0 Å². The van der Waals surface area contributed by atoms with Gasteiger partial charge in [-0.2, -0.15) is 0 Å². The molecule has 0 aliphatic heterocycles. The molecule has 0 spiro atoms. The highest BCUT2D eigenvalue weighted by atomic mass is 16.6. The monoisotopic (exact) mass is 322 g/mol. The summed E-state index contributed by atoms with van der Waals surface area (Å²) in [6, 6.07) is 6.74. The van der Waals surface area contributed by atoms with Gasteiger partial charge in [0.1, 0.15) is 11.5 Å². The van der Waals surface area contributed by atoms with E-state index in [2.05, 4.69) is 0 Å². The first-order valence-corrected chi connectivity index (χ1v) is 8.07. The average molecular weight is 322 g/mol. The molecule has 0 aliphatic rings. The van der Waals surface area contributed by atoms with Crippen molar-refractivity contribution in [3.63, 3.8) is 0 Å². The topological polar surface area (TPSA) is 61.8 Å². The largest absolute Gasteiger partial charge is 0.497 e. The lowest BCUT2D eigenvalue weighted by Gasteiger charge is -2.26. The van der Waals surface area contributed by atoms with E-state index in [1.54, 1.807) is 38.1 Å². The molecule has 5 nitrogen and oxygen atoms in total. The molecule has 128 valence electrons. The van der Waals surface area contributed by atoms with Crippen molar-refractivity contribution in [2.24, 2.45) is 5.41 Å². The van der Waals surface area contributed by atoms with Crippen molar-refractivity contribution in [3.8, 4) is 11.5 Å². The molecule has 5 heteroatoms. The molecule has 0 N–H and O–H groups in total. The summed E-state index contributed by atoms with van der Waals surface area (Å²) >= 11 is 0. The zero-order chi connectivity index (χ0) is 17.3. The van der Waals surface area contributed by atoms with Gasteiger partial charge in [-0.25, -0.2) is 0 Å². The summed E-state index contributed by atoms with van der Waals surface area (Å²) in [5.74, 6) is -0.164. The molecule has 0 atom stereocenters. The van der Waals surface area contributed by atoms with Crippen molar-refractivity contribution >= 4 is 11.9 Å². The van der Waals surface area contributed by atoms with Crippen LogP contribution in [0.1, 0.15) is 46.5 Å². The minimum absolute atomic E-state index is 0.323. The quantitative estimate of drug-likeness (QED) is 0.300. The van der Waals surface area contributed by atoms with Crippen molar-refractivity contribution in [1.82, 2.24) is 0 Å². The number of carbonyl (C=O) groups excluding carboxylic acids is 2. The summed E-state index contributed by atoms with van der Waals surface area (Å²) in [5.41, 5.74) is -1.27. The van der Waals surface area contributed by atoms with E-state index < -0.39 is 17.4 Å². The van der Waals surface area contributed by atoms with Gasteiger partial charge in [0.2, 0.25) is 0 Å². The second-order valence-corrected chi connectivity index (χ2v) is 5.35. The summed E-state index contributed by atoms with van der Waals surface area (Å²) in [6.45, 7) is 5.91. The second kappa shape index (κ2) is 9.18. The zero-order valence-corrected chi connectivity index (χ0v) is 14.4. The predicted octanol–water partition coefficient (Wildman–Crippen LogP) is 3.75. The predicted molar refractivity (Wildman–Crippen MR) is 87.5 cm³/mol. The van der Waals surface area contributed by atoms with E-state index in [1.807, 2.05) is 6.92 Å². The number of hydrogen-bond donors (Lipinski definition) is 0. The van der Waals surface area contributed by atoms with Crippen LogP contribution in [-0.2, 0) is 14.3 Å². The molecule has 0 heterocycles. The van der Waals surface area contributed by atoms with E-state index in [0.717, 1.165) is 12.8 Å². The number of benzene rings is 1. The maximum absolute atomic E-state index is 12.6. The SMILES string of the molecule is CCCCOC(=O)C(CC)(CC)C(=O)Oc1cccc(OC)c1. The standard InChI is InChI=1S/C18H26O5/c1-5-8-12-22-16(19)18(6-2,7-3)17(20)23-15-11-9-10-14(13-15)21-4/h9-11,13H,5-8,12H2,1-4H3. The van der Waals surface area contributed by atoms with E-state index in [1.165, 1.54) is 7.11 Å². The second-order valence-electron chi connectivity index (χ2n) is 5.35. The van der Waals surface area contributed by atoms with E-state index in [0.29, 0.717) is 30.9 Å². The van der Waals surface area contributed by atoms with Gasteiger partial charge in [-0.1, -0.05) is 33.3 Å². The fourth-order valence-corrected chi connectivity index (χ4v) is 2.23. The smallest absolute Gasteiger partial charge is 0.328 e. The molecular formula is C18H26O5. The van der Waals surface area contributed by atoms with Crippen LogP contribution in [0.15, 0.2) is 24.3 Å². The molecule has 0 radical (unpaired) electrons. The van der Waals surface area contributed by atoms with Crippen molar-refractivity contribution in [1.29, 1.82) is 0 Å². The lowest BCUT2D eigenvalue weighted by Crippen LogP contribution is -2.42. The first-order chi connectivity index (χ1) is 11.0. The van der Waals surface area contributed by atoms with Gasteiger partial charge in [0.05, 0.1) is 13.7 Å². The summed E-state index contributed by atoms with van der Waals surface area (Å²) in [4.78, 5) is 25.0. The maximum atomic E-state index is 12.6. The first-order valence-electron chi connectivity index (χ1n) is 8.07. The number of ether oxygens (including phenoxy) is 3. The van der Waals surface area contributed by atoms with Crippen LogP contribution in [0.25, 0.3) is 0 Å². The molecular weight excluding hydrogens is 296 g/mol. The Labute approximate surface area is 137 Å². The molecule has 1 rings (SSSR count). The van der Waals surface area contributed by atoms with Gasteiger partial charge in [0.15, 0.2) is 5.41 Å². The van der Waals surface area contributed by atoms with E-state index in [4.69, 9.17) is 14.2 Å². The number of rotatable bonds is 9. The van der Waals surface area contributed by atoms with Gasteiger partial charge < -0.3 is 14.2 Å². The van der Waals surface area contributed by atoms with E-state index >= 15 is 0 Å². The lowest BCUT2D eigenvalue weighted by atomic mass is 9.82. The third-order valence-corrected chi connectivity index (χ3v) is 3.97. The number of carbonyl (C=O) groups is 2. The van der Waals surface area contributed by atoms with Crippen molar-refractivity contribution < 1.29 is 23.8 Å². The minimum Gasteiger partial charge on any atom is -0.497 e. The van der Waals surface area contributed by atoms with Crippen molar-refractivity contribution in [2.75, 3.05) is 13.7 Å². The Morgan fingerprint density at radius 2 is 1.70 bits per heavy atom. The number of hydrogen-bond acceptors (Lipinski definition) is 5. The highest BCUT2D eigenvalue weighted by Crippen LogP contribution is 2.31. The molecule has 0 fully saturated rings. The average Bonchev–Trinajstić information content (AvgIpc) is 2.57. The summed E-state index contributed by atoms with van der Waals surface area (Å²) < 4.78 is 15.8. The molecule has 23 heavy (non-hydrogen) atoms. The Morgan fingerprint density at radius 3 is 2.26 bits per heavy atom.